The number of carbonyl (C=O) groups is 1. The first-order chi connectivity index (χ1) is 6.73. The van der Waals surface area contributed by atoms with E-state index in [4.69, 9.17) is 0 Å². The van der Waals surface area contributed by atoms with Gasteiger partial charge in [-0.25, -0.2) is 8.42 Å². The van der Waals surface area contributed by atoms with Crippen molar-refractivity contribution in [1.29, 1.82) is 0 Å². The van der Waals surface area contributed by atoms with Crippen molar-refractivity contribution in [1.82, 2.24) is 4.90 Å². The van der Waals surface area contributed by atoms with Gasteiger partial charge in [-0.2, -0.15) is 0 Å². The number of ketones is 1. The Kier molecular flexibility index (Phi) is 3.55. The van der Waals surface area contributed by atoms with Gasteiger partial charge in [0.15, 0.2) is 9.84 Å². The van der Waals surface area contributed by atoms with E-state index in [0.29, 0.717) is 19.6 Å². The van der Waals surface area contributed by atoms with E-state index in [9.17, 15) is 13.2 Å². The van der Waals surface area contributed by atoms with Crippen LogP contribution in [0.3, 0.4) is 0 Å². The molecule has 1 aliphatic heterocycles. The van der Waals surface area contributed by atoms with Crippen LogP contribution < -0.4 is 0 Å². The molecular formula is C10H19NO3S. The van der Waals surface area contributed by atoms with Crippen molar-refractivity contribution in [2.75, 3.05) is 31.1 Å². The van der Waals surface area contributed by atoms with E-state index in [2.05, 4.69) is 4.90 Å². The Morgan fingerprint density at radius 3 is 2.13 bits per heavy atom. The van der Waals surface area contributed by atoms with Crippen molar-refractivity contribution >= 4 is 15.6 Å². The van der Waals surface area contributed by atoms with Crippen LogP contribution in [0.15, 0.2) is 0 Å². The fourth-order valence-electron chi connectivity index (χ4n) is 1.58. The molecule has 0 spiro atoms. The summed E-state index contributed by atoms with van der Waals surface area (Å²) in [5.41, 5.74) is -0.374. The van der Waals surface area contributed by atoms with Gasteiger partial charge in [0.05, 0.1) is 11.5 Å². The van der Waals surface area contributed by atoms with Crippen molar-refractivity contribution in [3.8, 4) is 0 Å². The largest absolute Gasteiger partial charge is 0.300 e. The predicted octanol–water partition coefficient (Wildman–Crippen LogP) is 0.332. The molecule has 1 saturated heterocycles. The molecule has 0 aromatic carbocycles. The van der Waals surface area contributed by atoms with Crippen molar-refractivity contribution in [2.24, 2.45) is 5.41 Å². The molecule has 1 aliphatic rings. The number of rotatable bonds is 3. The molecule has 0 unspecified atom stereocenters. The monoisotopic (exact) mass is 233 g/mol. The first-order valence-electron chi connectivity index (χ1n) is 5.17. The quantitative estimate of drug-likeness (QED) is 0.705. The van der Waals surface area contributed by atoms with Gasteiger partial charge in [-0.15, -0.1) is 0 Å². The van der Waals surface area contributed by atoms with Crippen LogP contribution in [0.1, 0.15) is 20.8 Å². The Morgan fingerprint density at radius 1 is 1.27 bits per heavy atom. The van der Waals surface area contributed by atoms with E-state index in [-0.39, 0.29) is 22.7 Å². The lowest BCUT2D eigenvalue weighted by atomic mass is 9.88. The van der Waals surface area contributed by atoms with E-state index in [1.165, 1.54) is 0 Å². The van der Waals surface area contributed by atoms with Crippen molar-refractivity contribution < 1.29 is 13.2 Å². The summed E-state index contributed by atoms with van der Waals surface area (Å²) in [6.07, 6.45) is 0. The molecule has 0 N–H and O–H groups in total. The third kappa shape index (κ3) is 3.57. The fraction of sp³-hybridized carbons (Fsp3) is 0.900. The number of hydrogen-bond donors (Lipinski definition) is 0. The predicted molar refractivity (Wildman–Crippen MR) is 59.6 cm³/mol. The van der Waals surface area contributed by atoms with Gasteiger partial charge < -0.3 is 4.90 Å². The average molecular weight is 233 g/mol. The normalized spacial score (nSPS) is 22.6. The number of Topliss-reactive ketones (excluding diaryl/α,β-unsaturated/α-hetero) is 1. The summed E-state index contributed by atoms with van der Waals surface area (Å²) in [6.45, 7) is 7.15. The molecule has 5 heteroatoms. The lowest BCUT2D eigenvalue weighted by Gasteiger charge is -2.33. The Balaban J connectivity index is 2.53. The first-order valence-corrected chi connectivity index (χ1v) is 6.99. The maximum Gasteiger partial charge on any atom is 0.152 e. The molecule has 1 fully saturated rings. The highest BCUT2D eigenvalue weighted by Gasteiger charge is 2.29. The van der Waals surface area contributed by atoms with Crippen LogP contribution in [-0.4, -0.2) is 50.2 Å². The summed E-state index contributed by atoms with van der Waals surface area (Å²) in [5.74, 6) is 0.595. The zero-order valence-electron chi connectivity index (χ0n) is 9.62. The molecule has 0 bridgehead atoms. The van der Waals surface area contributed by atoms with E-state index in [1.807, 2.05) is 13.8 Å². The van der Waals surface area contributed by atoms with Crippen LogP contribution in [0.5, 0.6) is 0 Å². The molecule has 1 heterocycles. The molecule has 0 atom stereocenters. The Morgan fingerprint density at radius 2 is 1.73 bits per heavy atom. The second-order valence-corrected chi connectivity index (χ2v) is 7.17. The van der Waals surface area contributed by atoms with E-state index >= 15 is 0 Å². The summed E-state index contributed by atoms with van der Waals surface area (Å²) in [5, 5.41) is 0. The smallest absolute Gasteiger partial charge is 0.152 e. The first kappa shape index (κ1) is 12.6. The summed E-state index contributed by atoms with van der Waals surface area (Å²) < 4.78 is 22.4. The zero-order chi connectivity index (χ0) is 11.7. The third-order valence-electron chi connectivity index (χ3n) is 3.01. The summed E-state index contributed by atoms with van der Waals surface area (Å²) in [7, 11) is -2.82. The molecule has 0 aliphatic carbocycles. The number of sulfone groups is 1. The molecule has 0 amide bonds. The van der Waals surface area contributed by atoms with Crippen molar-refractivity contribution in [3.05, 3.63) is 0 Å². The molecule has 1 rings (SSSR count). The SMILES string of the molecule is CC(=O)C(C)(C)CN1CCS(=O)(=O)CC1. The Bertz CT molecular complexity index is 332. The fourth-order valence-corrected chi connectivity index (χ4v) is 2.86. The van der Waals surface area contributed by atoms with E-state index < -0.39 is 9.84 Å². The third-order valence-corrected chi connectivity index (χ3v) is 4.62. The summed E-state index contributed by atoms with van der Waals surface area (Å²) >= 11 is 0. The minimum atomic E-state index is -2.82. The lowest BCUT2D eigenvalue weighted by molar-refractivity contribution is -0.125. The van der Waals surface area contributed by atoms with E-state index in [1.54, 1.807) is 6.92 Å². The standard InChI is InChI=1S/C10H19NO3S/c1-9(12)10(2,3)8-11-4-6-15(13,14)7-5-11/h4-8H2,1-3H3. The van der Waals surface area contributed by atoms with Crippen molar-refractivity contribution in [3.63, 3.8) is 0 Å². The van der Waals surface area contributed by atoms with Gasteiger partial charge in [-0.05, 0) is 6.92 Å². The molecule has 0 aromatic heterocycles. The highest BCUT2D eigenvalue weighted by molar-refractivity contribution is 7.91. The molecule has 0 radical (unpaired) electrons. The van der Waals surface area contributed by atoms with Gasteiger partial charge >= 0.3 is 0 Å². The molecule has 15 heavy (non-hydrogen) atoms. The van der Waals surface area contributed by atoms with Crippen LogP contribution in [0.25, 0.3) is 0 Å². The van der Waals surface area contributed by atoms with Crippen LogP contribution in [0.2, 0.25) is 0 Å². The minimum Gasteiger partial charge on any atom is -0.300 e. The van der Waals surface area contributed by atoms with Crippen LogP contribution >= 0.6 is 0 Å². The second-order valence-electron chi connectivity index (χ2n) is 4.87. The lowest BCUT2D eigenvalue weighted by Crippen LogP contribution is -2.46. The number of carbonyl (C=O) groups excluding carboxylic acids is 1. The van der Waals surface area contributed by atoms with E-state index in [0.717, 1.165) is 0 Å². The maximum absolute atomic E-state index is 11.3. The van der Waals surface area contributed by atoms with Gasteiger partial charge in [-0.1, -0.05) is 13.8 Å². The second kappa shape index (κ2) is 4.22. The highest BCUT2D eigenvalue weighted by Crippen LogP contribution is 2.19. The zero-order valence-corrected chi connectivity index (χ0v) is 10.4. The summed E-state index contributed by atoms with van der Waals surface area (Å²) in [4.78, 5) is 13.4. The van der Waals surface area contributed by atoms with Gasteiger partial charge in [0, 0.05) is 25.0 Å². The molecule has 88 valence electrons. The van der Waals surface area contributed by atoms with Gasteiger partial charge in [0.25, 0.3) is 0 Å². The molecular weight excluding hydrogens is 214 g/mol. The molecule has 0 saturated carbocycles. The van der Waals surface area contributed by atoms with Gasteiger partial charge in [0.2, 0.25) is 0 Å². The average Bonchev–Trinajstić information content (AvgIpc) is 2.08. The Hall–Kier alpha value is -0.420. The van der Waals surface area contributed by atoms with Crippen LogP contribution in [0, 0.1) is 5.41 Å². The van der Waals surface area contributed by atoms with Gasteiger partial charge in [0.1, 0.15) is 5.78 Å². The molecule has 0 aromatic rings. The van der Waals surface area contributed by atoms with Gasteiger partial charge in [-0.3, -0.25) is 4.79 Å². The topological polar surface area (TPSA) is 54.5 Å². The van der Waals surface area contributed by atoms with Crippen LogP contribution in [0.4, 0.5) is 0 Å². The number of nitrogens with zero attached hydrogens (tertiary/aromatic N) is 1. The summed E-state index contributed by atoms with van der Waals surface area (Å²) in [6, 6.07) is 0. The maximum atomic E-state index is 11.3. The number of hydrogen-bond acceptors (Lipinski definition) is 4. The highest BCUT2D eigenvalue weighted by atomic mass is 32.2. The van der Waals surface area contributed by atoms with Crippen molar-refractivity contribution in [2.45, 2.75) is 20.8 Å². The van der Waals surface area contributed by atoms with Crippen LogP contribution in [-0.2, 0) is 14.6 Å². The Labute approximate surface area is 91.6 Å². The molecule has 4 nitrogen and oxygen atoms in total. The minimum absolute atomic E-state index is 0.149.